The molecule has 0 aliphatic carbocycles. The topological polar surface area (TPSA) is 54.8 Å². The molecule has 0 amide bonds. The highest BCUT2D eigenvalue weighted by Gasteiger charge is 2.37. The fourth-order valence-electron chi connectivity index (χ4n) is 2.46. The molecule has 6 heteroatoms. The van der Waals surface area contributed by atoms with Gasteiger partial charge < -0.3 is 4.42 Å². The Balaban J connectivity index is 1.74. The van der Waals surface area contributed by atoms with Crippen molar-refractivity contribution in [1.29, 1.82) is 0 Å². The average molecular weight is 307 g/mol. The maximum Gasteiger partial charge on any atom is 0.293 e. The second-order valence-corrected chi connectivity index (χ2v) is 5.00. The van der Waals surface area contributed by atoms with Gasteiger partial charge in [-0.05, 0) is 18.2 Å². The lowest BCUT2D eigenvalue weighted by atomic mass is 10.1. The third kappa shape index (κ3) is 2.44. The summed E-state index contributed by atoms with van der Waals surface area (Å²) in [7, 11) is 0. The van der Waals surface area contributed by atoms with Crippen molar-refractivity contribution in [2.45, 2.75) is 6.54 Å². The van der Waals surface area contributed by atoms with Crippen LogP contribution in [0.15, 0.2) is 65.7 Å². The molecule has 0 saturated carbocycles. The van der Waals surface area contributed by atoms with E-state index in [2.05, 4.69) is 15.0 Å². The Morgan fingerprint density at radius 3 is 2.57 bits per heavy atom. The van der Waals surface area contributed by atoms with E-state index in [0.717, 1.165) is 11.4 Å². The average Bonchev–Trinajstić information content (AvgIpc) is 3.08. The minimum Gasteiger partial charge on any atom is -0.440 e. The second-order valence-electron chi connectivity index (χ2n) is 5.00. The lowest BCUT2D eigenvalue weighted by Crippen LogP contribution is -2.29. The number of allylic oxidation sites excluding steroid dienone is 1. The van der Waals surface area contributed by atoms with Gasteiger partial charge in [0.15, 0.2) is 6.54 Å². The lowest BCUT2D eigenvalue weighted by Gasteiger charge is -2.15. The van der Waals surface area contributed by atoms with Gasteiger partial charge in [0, 0.05) is 12.4 Å². The van der Waals surface area contributed by atoms with Gasteiger partial charge in [0.1, 0.15) is 12.1 Å². The molecule has 5 nitrogen and oxygen atoms in total. The first-order valence-electron chi connectivity index (χ1n) is 7.10. The molecule has 2 aromatic heterocycles. The number of benzene rings is 1. The van der Waals surface area contributed by atoms with Gasteiger partial charge in [0.25, 0.3) is 17.3 Å². The summed E-state index contributed by atoms with van der Waals surface area (Å²) < 4.78 is 21.2. The molecule has 1 aromatic carbocycles. The van der Waals surface area contributed by atoms with Crippen molar-refractivity contribution in [2.24, 2.45) is 0 Å². The molecule has 4 rings (SSSR count). The molecule has 1 aliphatic heterocycles. The molecule has 0 bridgehead atoms. The van der Waals surface area contributed by atoms with Crippen LogP contribution in [-0.2, 0) is 6.54 Å². The van der Waals surface area contributed by atoms with E-state index in [1.165, 1.54) is 12.3 Å². The predicted molar refractivity (Wildman–Crippen MR) is 81.0 cm³/mol. The first-order chi connectivity index (χ1) is 11.3. The largest absolute Gasteiger partial charge is 0.440 e. The van der Waals surface area contributed by atoms with Crippen LogP contribution < -0.4 is 0 Å². The first-order valence-corrected chi connectivity index (χ1v) is 7.10. The van der Waals surface area contributed by atoms with Gasteiger partial charge in [-0.15, -0.1) is 0 Å². The van der Waals surface area contributed by atoms with E-state index in [4.69, 9.17) is 4.42 Å². The Morgan fingerprint density at radius 2 is 1.83 bits per heavy atom. The van der Waals surface area contributed by atoms with Gasteiger partial charge in [-0.2, -0.15) is 4.58 Å². The van der Waals surface area contributed by atoms with Gasteiger partial charge in [-0.25, -0.2) is 19.3 Å². The fourth-order valence-corrected chi connectivity index (χ4v) is 2.46. The van der Waals surface area contributed by atoms with Crippen LogP contribution in [0.3, 0.4) is 0 Å². The molecule has 0 N–H and O–H groups in total. The van der Waals surface area contributed by atoms with Crippen LogP contribution in [0.5, 0.6) is 0 Å². The molecule has 0 saturated heterocycles. The molecule has 0 radical (unpaired) electrons. The van der Waals surface area contributed by atoms with Gasteiger partial charge in [0.05, 0.1) is 17.8 Å². The standard InChI is InChI=1S/C17H12FN4O/c18-13-5-2-1-4-12(13)11-22-14(16-19-6-3-7-20-16)10-15(22)17-21-8-9-23-17/h1-10H,11H2/q+1. The predicted octanol–water partition coefficient (Wildman–Crippen LogP) is 2.66. The van der Waals surface area contributed by atoms with Gasteiger partial charge in [-0.3, -0.25) is 0 Å². The third-order valence-corrected chi connectivity index (χ3v) is 3.59. The van der Waals surface area contributed by atoms with E-state index >= 15 is 0 Å². The molecule has 0 spiro atoms. The summed E-state index contributed by atoms with van der Waals surface area (Å²) >= 11 is 0. The number of hydrogen-bond donors (Lipinski definition) is 0. The summed E-state index contributed by atoms with van der Waals surface area (Å²) in [5.41, 5.74) is 2.17. The maximum atomic E-state index is 14.0. The van der Waals surface area contributed by atoms with Crippen LogP contribution in [-0.4, -0.2) is 25.2 Å². The molecule has 3 aromatic rings. The van der Waals surface area contributed by atoms with Crippen molar-refractivity contribution in [2.75, 3.05) is 0 Å². The summed E-state index contributed by atoms with van der Waals surface area (Å²) in [5, 5.41) is 0. The number of nitrogens with zero attached hydrogens (tertiary/aromatic N) is 4. The Kier molecular flexibility index (Phi) is 3.27. The normalized spacial score (nSPS) is 13.7. The molecule has 0 unspecified atom stereocenters. The Morgan fingerprint density at radius 1 is 1.00 bits per heavy atom. The van der Waals surface area contributed by atoms with Gasteiger partial charge in [0.2, 0.25) is 5.82 Å². The van der Waals surface area contributed by atoms with Crippen LogP contribution in [0.1, 0.15) is 17.3 Å². The first kappa shape index (κ1) is 13.5. The SMILES string of the molecule is Fc1ccccc1C[N+]1=C(c2ncco2)C=C1c1ncccn1. The van der Waals surface area contributed by atoms with Crippen LogP contribution in [0, 0.1) is 5.82 Å². The molecule has 0 fully saturated rings. The van der Waals surface area contributed by atoms with E-state index in [-0.39, 0.29) is 5.82 Å². The van der Waals surface area contributed by atoms with Crippen LogP contribution in [0.25, 0.3) is 5.70 Å². The fraction of sp³-hybridized carbons (Fsp3) is 0.0588. The van der Waals surface area contributed by atoms with E-state index in [9.17, 15) is 4.39 Å². The number of halogens is 1. The molecule has 0 atom stereocenters. The van der Waals surface area contributed by atoms with Crippen molar-refractivity contribution < 1.29 is 13.4 Å². The quantitative estimate of drug-likeness (QED) is 0.695. The maximum absolute atomic E-state index is 14.0. The summed E-state index contributed by atoms with van der Waals surface area (Å²) in [6.45, 7) is 0.356. The van der Waals surface area contributed by atoms with E-state index < -0.39 is 0 Å². The smallest absolute Gasteiger partial charge is 0.293 e. The van der Waals surface area contributed by atoms with Gasteiger partial charge in [-0.1, -0.05) is 12.1 Å². The van der Waals surface area contributed by atoms with Crippen molar-refractivity contribution in [3.05, 3.63) is 84.4 Å². The highest BCUT2D eigenvalue weighted by molar-refractivity contribution is 6.10. The number of aromatic nitrogens is 3. The van der Waals surface area contributed by atoms with E-state index in [1.54, 1.807) is 36.8 Å². The summed E-state index contributed by atoms with van der Waals surface area (Å²) in [5.74, 6) is 0.819. The Hall–Kier alpha value is -3.15. The van der Waals surface area contributed by atoms with E-state index in [1.807, 2.05) is 16.7 Å². The van der Waals surface area contributed by atoms with E-state index in [0.29, 0.717) is 23.8 Å². The highest BCUT2D eigenvalue weighted by Crippen LogP contribution is 2.25. The minimum absolute atomic E-state index is 0.250. The molecule has 1 aliphatic rings. The number of oxazole rings is 1. The molecule has 3 heterocycles. The molecule has 112 valence electrons. The zero-order valence-electron chi connectivity index (χ0n) is 12.1. The third-order valence-electron chi connectivity index (χ3n) is 3.59. The molecular weight excluding hydrogens is 295 g/mol. The van der Waals surface area contributed by atoms with Crippen molar-refractivity contribution >= 4 is 11.4 Å². The van der Waals surface area contributed by atoms with Crippen LogP contribution >= 0.6 is 0 Å². The summed E-state index contributed by atoms with van der Waals surface area (Å²) in [6, 6.07) is 8.44. The lowest BCUT2D eigenvalue weighted by molar-refractivity contribution is -0.459. The van der Waals surface area contributed by atoms with Gasteiger partial charge >= 0.3 is 0 Å². The minimum atomic E-state index is -0.250. The summed E-state index contributed by atoms with van der Waals surface area (Å²) in [6.07, 6.45) is 8.33. The monoisotopic (exact) mass is 307 g/mol. The Labute approximate surface area is 131 Å². The van der Waals surface area contributed by atoms with Crippen LogP contribution in [0.4, 0.5) is 4.39 Å². The zero-order valence-corrected chi connectivity index (χ0v) is 12.1. The number of rotatable bonds is 4. The Bertz CT molecular complexity index is 901. The van der Waals surface area contributed by atoms with Crippen LogP contribution in [0.2, 0.25) is 0 Å². The van der Waals surface area contributed by atoms with Crippen molar-refractivity contribution in [1.82, 2.24) is 15.0 Å². The molecule has 23 heavy (non-hydrogen) atoms. The van der Waals surface area contributed by atoms with Crippen molar-refractivity contribution in [3.8, 4) is 0 Å². The number of hydrogen-bond acceptors (Lipinski definition) is 4. The second kappa shape index (κ2) is 5.57. The summed E-state index contributed by atoms with van der Waals surface area (Å²) in [4.78, 5) is 12.7. The highest BCUT2D eigenvalue weighted by atomic mass is 19.1. The van der Waals surface area contributed by atoms with Crippen molar-refractivity contribution in [3.63, 3.8) is 0 Å². The molecular formula is C17H12FN4O+. The zero-order chi connectivity index (χ0) is 15.6.